The molecule has 96 valence electrons. The van der Waals surface area contributed by atoms with Gasteiger partial charge in [0.05, 0.1) is 6.61 Å². The van der Waals surface area contributed by atoms with Gasteiger partial charge in [0.25, 0.3) is 0 Å². The maximum Gasteiger partial charge on any atom is 0.203 e. The summed E-state index contributed by atoms with van der Waals surface area (Å²) in [5.41, 5.74) is 0. The average molecular weight is 238 g/mol. The fraction of sp³-hybridized carbons (Fsp3) is 0.583. The molecule has 0 amide bonds. The van der Waals surface area contributed by atoms with E-state index >= 15 is 0 Å². The molecule has 0 aliphatic rings. The highest BCUT2D eigenvalue weighted by molar-refractivity contribution is 5.26. The van der Waals surface area contributed by atoms with Gasteiger partial charge in [0.15, 0.2) is 0 Å². The van der Waals surface area contributed by atoms with E-state index in [1.807, 2.05) is 12.3 Å². The second kappa shape index (κ2) is 7.86. The normalized spacial score (nSPS) is 10.8. The molecule has 0 aliphatic carbocycles. The van der Waals surface area contributed by atoms with Crippen LogP contribution in [0.4, 0.5) is 5.95 Å². The van der Waals surface area contributed by atoms with E-state index in [0.29, 0.717) is 0 Å². The Hall–Kier alpha value is -1.33. The zero-order chi connectivity index (χ0) is 12.5. The van der Waals surface area contributed by atoms with Crippen molar-refractivity contribution in [1.82, 2.24) is 14.5 Å². The summed E-state index contributed by atoms with van der Waals surface area (Å²) < 4.78 is 7.15. The van der Waals surface area contributed by atoms with Crippen molar-refractivity contribution in [3.63, 3.8) is 0 Å². The topological polar surface area (TPSA) is 42.3 Å². The predicted octanol–water partition coefficient (Wildman–Crippen LogP) is 1.06. The first-order chi connectivity index (χ1) is 8.27. The van der Waals surface area contributed by atoms with Crippen LogP contribution in [0, 0.1) is 0 Å². The monoisotopic (exact) mass is 238 g/mol. The third-order valence-corrected chi connectivity index (χ3v) is 2.52. The van der Waals surface area contributed by atoms with Crippen molar-refractivity contribution in [2.45, 2.75) is 6.54 Å². The molecular formula is C12H22N4O. The Morgan fingerprint density at radius 2 is 2.41 bits per heavy atom. The number of ether oxygens (including phenoxy) is 1. The van der Waals surface area contributed by atoms with Gasteiger partial charge in [0, 0.05) is 45.7 Å². The van der Waals surface area contributed by atoms with Crippen molar-refractivity contribution in [2.24, 2.45) is 0 Å². The second-order valence-electron chi connectivity index (χ2n) is 3.91. The highest BCUT2D eigenvalue weighted by Gasteiger charge is 2.03. The van der Waals surface area contributed by atoms with Crippen molar-refractivity contribution < 1.29 is 4.74 Å². The van der Waals surface area contributed by atoms with Crippen LogP contribution < -0.4 is 5.32 Å². The van der Waals surface area contributed by atoms with Crippen LogP contribution in [-0.4, -0.2) is 54.8 Å². The lowest BCUT2D eigenvalue weighted by Gasteiger charge is -2.17. The Balaban J connectivity index is 2.35. The van der Waals surface area contributed by atoms with Gasteiger partial charge in [-0.1, -0.05) is 6.08 Å². The van der Waals surface area contributed by atoms with Crippen LogP contribution in [0.2, 0.25) is 0 Å². The molecule has 17 heavy (non-hydrogen) atoms. The predicted molar refractivity (Wildman–Crippen MR) is 70.3 cm³/mol. The molecule has 1 rings (SSSR count). The minimum Gasteiger partial charge on any atom is -0.383 e. The molecule has 0 aliphatic heterocycles. The number of methoxy groups -OCH3 is 1. The van der Waals surface area contributed by atoms with Crippen molar-refractivity contribution >= 4 is 5.95 Å². The van der Waals surface area contributed by atoms with E-state index in [0.717, 1.165) is 38.7 Å². The van der Waals surface area contributed by atoms with Crippen molar-refractivity contribution in [3.8, 4) is 0 Å². The van der Waals surface area contributed by atoms with Crippen LogP contribution >= 0.6 is 0 Å². The average Bonchev–Trinajstić information content (AvgIpc) is 2.78. The Morgan fingerprint density at radius 3 is 3.12 bits per heavy atom. The number of hydrogen-bond acceptors (Lipinski definition) is 4. The van der Waals surface area contributed by atoms with Gasteiger partial charge in [-0.25, -0.2) is 4.98 Å². The van der Waals surface area contributed by atoms with E-state index in [1.165, 1.54) is 0 Å². The highest BCUT2D eigenvalue weighted by atomic mass is 16.5. The van der Waals surface area contributed by atoms with E-state index in [9.17, 15) is 0 Å². The Bertz CT molecular complexity index is 324. The fourth-order valence-electron chi connectivity index (χ4n) is 1.46. The number of imidazole rings is 1. The molecule has 0 saturated carbocycles. The van der Waals surface area contributed by atoms with Crippen molar-refractivity contribution in [1.29, 1.82) is 0 Å². The number of nitrogens with one attached hydrogen (secondary N) is 1. The zero-order valence-corrected chi connectivity index (χ0v) is 10.7. The second-order valence-corrected chi connectivity index (χ2v) is 3.91. The highest BCUT2D eigenvalue weighted by Crippen LogP contribution is 2.03. The van der Waals surface area contributed by atoms with Gasteiger partial charge >= 0.3 is 0 Å². The van der Waals surface area contributed by atoms with Gasteiger partial charge in [-0.05, 0) is 7.05 Å². The summed E-state index contributed by atoms with van der Waals surface area (Å²) in [5, 5.41) is 3.20. The number of rotatable bonds is 9. The number of anilines is 1. The van der Waals surface area contributed by atoms with Gasteiger partial charge in [-0.3, -0.25) is 0 Å². The van der Waals surface area contributed by atoms with Crippen LogP contribution in [0.25, 0.3) is 0 Å². The molecule has 1 heterocycles. The summed E-state index contributed by atoms with van der Waals surface area (Å²) in [5.74, 6) is 0.894. The molecule has 0 bridgehead atoms. The molecule has 0 fully saturated rings. The van der Waals surface area contributed by atoms with Crippen LogP contribution in [0.1, 0.15) is 0 Å². The first kappa shape index (κ1) is 13.7. The van der Waals surface area contributed by atoms with Gasteiger partial charge < -0.3 is 19.5 Å². The third kappa shape index (κ3) is 5.01. The molecule has 5 heteroatoms. The van der Waals surface area contributed by atoms with E-state index in [4.69, 9.17) is 4.74 Å². The maximum atomic E-state index is 5.04. The first-order valence-electron chi connectivity index (χ1n) is 5.81. The van der Waals surface area contributed by atoms with E-state index < -0.39 is 0 Å². The Kier molecular flexibility index (Phi) is 6.35. The maximum absolute atomic E-state index is 5.04. The van der Waals surface area contributed by atoms with Crippen molar-refractivity contribution in [2.75, 3.05) is 45.7 Å². The standard InChI is InChI=1S/C12H22N4O/c1-4-5-13-12-14-6-7-16(12)9-8-15(2)10-11-17-3/h4,6-7H,1,5,8-11H2,2-3H3,(H,13,14). The van der Waals surface area contributed by atoms with Gasteiger partial charge in [0.1, 0.15) is 0 Å². The van der Waals surface area contributed by atoms with Gasteiger partial charge in [-0.2, -0.15) is 0 Å². The Morgan fingerprint density at radius 1 is 1.59 bits per heavy atom. The minimum atomic E-state index is 0.733. The summed E-state index contributed by atoms with van der Waals surface area (Å²) in [6, 6.07) is 0. The van der Waals surface area contributed by atoms with Crippen LogP contribution in [-0.2, 0) is 11.3 Å². The quantitative estimate of drug-likeness (QED) is 0.653. The van der Waals surface area contributed by atoms with E-state index in [1.54, 1.807) is 13.3 Å². The number of hydrogen-bond donors (Lipinski definition) is 1. The van der Waals surface area contributed by atoms with Crippen LogP contribution in [0.3, 0.4) is 0 Å². The number of likely N-dealkylation sites (N-methyl/N-ethyl adjacent to an activating group) is 1. The van der Waals surface area contributed by atoms with Gasteiger partial charge in [0.2, 0.25) is 5.95 Å². The van der Waals surface area contributed by atoms with E-state index in [-0.39, 0.29) is 0 Å². The lowest BCUT2D eigenvalue weighted by Crippen LogP contribution is -2.27. The summed E-state index contributed by atoms with van der Waals surface area (Å²) in [6.07, 6.45) is 5.61. The lowest BCUT2D eigenvalue weighted by molar-refractivity contribution is 0.159. The zero-order valence-electron chi connectivity index (χ0n) is 10.7. The van der Waals surface area contributed by atoms with Gasteiger partial charge in [-0.15, -0.1) is 6.58 Å². The molecule has 1 N–H and O–H groups in total. The number of aromatic nitrogens is 2. The summed E-state index contributed by atoms with van der Waals surface area (Å²) in [6.45, 7) is 8.01. The molecule has 1 aromatic heterocycles. The molecule has 5 nitrogen and oxygen atoms in total. The molecule has 0 atom stereocenters. The molecular weight excluding hydrogens is 216 g/mol. The van der Waals surface area contributed by atoms with Crippen LogP contribution in [0.15, 0.2) is 25.0 Å². The molecule has 0 aromatic carbocycles. The first-order valence-corrected chi connectivity index (χ1v) is 5.81. The third-order valence-electron chi connectivity index (χ3n) is 2.52. The minimum absolute atomic E-state index is 0.733. The molecule has 0 saturated heterocycles. The molecule has 0 radical (unpaired) electrons. The van der Waals surface area contributed by atoms with Crippen molar-refractivity contribution in [3.05, 3.63) is 25.0 Å². The SMILES string of the molecule is C=CCNc1nccn1CCN(C)CCOC. The molecule has 0 unspecified atom stereocenters. The van der Waals surface area contributed by atoms with Crippen LogP contribution in [0.5, 0.6) is 0 Å². The number of nitrogens with zero attached hydrogens (tertiary/aromatic N) is 3. The van der Waals surface area contributed by atoms with E-state index in [2.05, 4.69) is 33.4 Å². The molecule has 1 aromatic rings. The largest absolute Gasteiger partial charge is 0.383 e. The summed E-state index contributed by atoms with van der Waals surface area (Å²) in [4.78, 5) is 6.49. The summed E-state index contributed by atoms with van der Waals surface area (Å²) in [7, 11) is 3.81. The smallest absolute Gasteiger partial charge is 0.203 e. The lowest BCUT2D eigenvalue weighted by atomic mass is 10.5. The summed E-state index contributed by atoms with van der Waals surface area (Å²) >= 11 is 0. The Labute approximate surface area is 103 Å². The fourth-order valence-corrected chi connectivity index (χ4v) is 1.46. The molecule has 0 spiro atoms.